The highest BCUT2D eigenvalue weighted by Gasteiger charge is 1.98. The van der Waals surface area contributed by atoms with E-state index in [1.165, 1.54) is 0 Å². The molecule has 0 aliphatic carbocycles. The number of amides is 1. The summed E-state index contributed by atoms with van der Waals surface area (Å²) in [7, 11) is 0. The van der Waals surface area contributed by atoms with Crippen molar-refractivity contribution in [1.82, 2.24) is 5.32 Å². The zero-order valence-electron chi connectivity index (χ0n) is 9.96. The normalized spacial score (nSPS) is 9.75. The van der Waals surface area contributed by atoms with E-state index >= 15 is 0 Å². The zero-order valence-corrected chi connectivity index (χ0v) is 9.96. The quantitative estimate of drug-likeness (QED) is 0.446. The van der Waals surface area contributed by atoms with Gasteiger partial charge >= 0.3 is 0 Å². The van der Waals surface area contributed by atoms with Crippen LogP contribution in [0.25, 0.3) is 0 Å². The first-order valence-electron chi connectivity index (χ1n) is 5.67. The lowest BCUT2D eigenvalue weighted by atomic mass is 10.3. The Kier molecular flexibility index (Phi) is 11.2. The first kappa shape index (κ1) is 14.9. The number of hydrogen-bond acceptors (Lipinski definition) is 3. The minimum Gasteiger partial charge on any atom is -0.379 e. The molecule has 0 atom stereocenters. The van der Waals surface area contributed by atoms with E-state index in [9.17, 15) is 4.79 Å². The first-order chi connectivity index (χ1) is 7.81. The lowest BCUT2D eigenvalue weighted by molar-refractivity contribution is -0.121. The maximum atomic E-state index is 11.1. The van der Waals surface area contributed by atoms with Crippen LogP contribution in [0.1, 0.15) is 26.2 Å². The average Bonchev–Trinajstić information content (AvgIpc) is 2.30. The summed E-state index contributed by atoms with van der Waals surface area (Å²) in [4.78, 5) is 11.1. The molecule has 0 aliphatic heterocycles. The number of ether oxygens (including phenoxy) is 2. The minimum atomic E-state index is -0.0243. The third-order valence-corrected chi connectivity index (χ3v) is 1.79. The molecule has 4 heteroatoms. The standard InChI is InChI=1S/C12H21NO3/c1-3-5-6-12(14)13-7-9-16-11-10-15-8-4-2/h1H,4-11H2,2H3,(H,13,14). The van der Waals surface area contributed by atoms with Crippen LogP contribution in [-0.2, 0) is 14.3 Å². The maximum absolute atomic E-state index is 11.1. The molecular formula is C12H21NO3. The minimum absolute atomic E-state index is 0.0243. The summed E-state index contributed by atoms with van der Waals surface area (Å²) in [5.74, 6) is 2.40. The molecule has 92 valence electrons. The molecule has 0 aliphatic rings. The fraction of sp³-hybridized carbons (Fsp3) is 0.750. The van der Waals surface area contributed by atoms with Crippen molar-refractivity contribution in [3.05, 3.63) is 0 Å². The summed E-state index contributed by atoms with van der Waals surface area (Å²) in [5.41, 5.74) is 0. The van der Waals surface area contributed by atoms with Gasteiger partial charge in [-0.3, -0.25) is 4.79 Å². The molecule has 1 N–H and O–H groups in total. The molecule has 0 aromatic carbocycles. The first-order valence-corrected chi connectivity index (χ1v) is 5.67. The summed E-state index contributed by atoms with van der Waals surface area (Å²) in [5, 5.41) is 2.72. The van der Waals surface area contributed by atoms with Crippen LogP contribution in [-0.4, -0.2) is 38.9 Å². The van der Waals surface area contributed by atoms with Gasteiger partial charge in [0, 0.05) is 26.0 Å². The summed E-state index contributed by atoms with van der Waals surface area (Å²) in [6.45, 7) is 5.05. The molecule has 0 saturated heterocycles. The molecule has 0 fully saturated rings. The smallest absolute Gasteiger partial charge is 0.221 e. The molecule has 16 heavy (non-hydrogen) atoms. The van der Waals surface area contributed by atoms with E-state index in [0.717, 1.165) is 13.0 Å². The molecule has 0 radical (unpaired) electrons. The fourth-order valence-corrected chi connectivity index (χ4v) is 1.00. The van der Waals surface area contributed by atoms with Gasteiger partial charge in [-0.1, -0.05) is 6.92 Å². The fourth-order valence-electron chi connectivity index (χ4n) is 1.00. The van der Waals surface area contributed by atoms with Gasteiger partial charge in [-0.2, -0.15) is 0 Å². The summed E-state index contributed by atoms with van der Waals surface area (Å²) >= 11 is 0. The predicted molar refractivity (Wildman–Crippen MR) is 63.0 cm³/mol. The van der Waals surface area contributed by atoms with E-state index in [0.29, 0.717) is 39.2 Å². The van der Waals surface area contributed by atoms with E-state index in [4.69, 9.17) is 15.9 Å². The van der Waals surface area contributed by atoms with Crippen LogP contribution in [0.15, 0.2) is 0 Å². The molecule has 4 nitrogen and oxygen atoms in total. The van der Waals surface area contributed by atoms with Gasteiger partial charge in [0.15, 0.2) is 0 Å². The number of carbonyl (C=O) groups excluding carboxylic acids is 1. The highest BCUT2D eigenvalue weighted by atomic mass is 16.5. The van der Waals surface area contributed by atoms with Gasteiger partial charge in [0.2, 0.25) is 5.91 Å². The Morgan fingerprint density at radius 1 is 1.25 bits per heavy atom. The van der Waals surface area contributed by atoms with Crippen LogP contribution in [0.3, 0.4) is 0 Å². The van der Waals surface area contributed by atoms with Crippen molar-refractivity contribution in [1.29, 1.82) is 0 Å². The van der Waals surface area contributed by atoms with Crippen LogP contribution in [0.4, 0.5) is 0 Å². The van der Waals surface area contributed by atoms with Crippen molar-refractivity contribution in [3.63, 3.8) is 0 Å². The second-order valence-corrected chi connectivity index (χ2v) is 3.28. The van der Waals surface area contributed by atoms with Gasteiger partial charge in [-0.05, 0) is 6.42 Å². The van der Waals surface area contributed by atoms with Crippen LogP contribution < -0.4 is 5.32 Å². The van der Waals surface area contributed by atoms with Crippen molar-refractivity contribution >= 4 is 5.91 Å². The van der Waals surface area contributed by atoms with E-state index in [1.807, 2.05) is 0 Å². The Morgan fingerprint density at radius 2 is 1.94 bits per heavy atom. The third-order valence-electron chi connectivity index (χ3n) is 1.79. The van der Waals surface area contributed by atoms with E-state index < -0.39 is 0 Å². The summed E-state index contributed by atoms with van der Waals surface area (Å²) < 4.78 is 10.5. The van der Waals surface area contributed by atoms with E-state index in [-0.39, 0.29) is 5.91 Å². The van der Waals surface area contributed by atoms with Crippen LogP contribution in [0.5, 0.6) is 0 Å². The highest BCUT2D eigenvalue weighted by Crippen LogP contribution is 1.85. The third kappa shape index (κ3) is 11.0. The predicted octanol–water partition coefficient (Wildman–Crippen LogP) is 0.959. The Morgan fingerprint density at radius 3 is 2.56 bits per heavy atom. The van der Waals surface area contributed by atoms with Gasteiger partial charge in [0.1, 0.15) is 0 Å². The average molecular weight is 227 g/mol. The molecule has 0 unspecified atom stereocenters. The molecular weight excluding hydrogens is 206 g/mol. The van der Waals surface area contributed by atoms with Crippen LogP contribution in [0, 0.1) is 12.3 Å². The second-order valence-electron chi connectivity index (χ2n) is 3.28. The largest absolute Gasteiger partial charge is 0.379 e. The van der Waals surface area contributed by atoms with E-state index in [2.05, 4.69) is 18.2 Å². The Labute approximate surface area is 97.7 Å². The van der Waals surface area contributed by atoms with Crippen molar-refractivity contribution in [2.75, 3.05) is 33.0 Å². The topological polar surface area (TPSA) is 47.6 Å². The zero-order chi connectivity index (χ0) is 12.1. The molecule has 0 bridgehead atoms. The van der Waals surface area contributed by atoms with Crippen LogP contribution >= 0.6 is 0 Å². The van der Waals surface area contributed by atoms with Crippen molar-refractivity contribution in [2.45, 2.75) is 26.2 Å². The van der Waals surface area contributed by atoms with Gasteiger partial charge < -0.3 is 14.8 Å². The van der Waals surface area contributed by atoms with Gasteiger partial charge in [0.05, 0.1) is 19.8 Å². The van der Waals surface area contributed by atoms with Gasteiger partial charge in [0.25, 0.3) is 0 Å². The van der Waals surface area contributed by atoms with Gasteiger partial charge in [-0.25, -0.2) is 0 Å². The molecule has 0 spiro atoms. The van der Waals surface area contributed by atoms with E-state index in [1.54, 1.807) is 0 Å². The van der Waals surface area contributed by atoms with Crippen molar-refractivity contribution in [3.8, 4) is 12.3 Å². The lowest BCUT2D eigenvalue weighted by Gasteiger charge is -2.06. The SMILES string of the molecule is C#CCCC(=O)NCCOCCOCCC. The number of nitrogens with one attached hydrogen (secondary N) is 1. The Hall–Kier alpha value is -1.05. The summed E-state index contributed by atoms with van der Waals surface area (Å²) in [6, 6.07) is 0. The monoisotopic (exact) mass is 227 g/mol. The number of terminal acetylenes is 1. The molecule has 0 heterocycles. The molecule has 0 aromatic heterocycles. The Balaban J connectivity index is 3.09. The molecule has 0 saturated carbocycles. The van der Waals surface area contributed by atoms with Crippen molar-refractivity contribution < 1.29 is 14.3 Å². The Bertz CT molecular complexity index is 211. The molecule has 0 rings (SSSR count). The van der Waals surface area contributed by atoms with Crippen molar-refractivity contribution in [2.24, 2.45) is 0 Å². The molecule has 0 aromatic rings. The van der Waals surface area contributed by atoms with Crippen LogP contribution in [0.2, 0.25) is 0 Å². The summed E-state index contributed by atoms with van der Waals surface area (Å²) in [6.07, 6.45) is 6.93. The highest BCUT2D eigenvalue weighted by molar-refractivity contribution is 5.76. The lowest BCUT2D eigenvalue weighted by Crippen LogP contribution is -2.27. The number of carbonyl (C=O) groups is 1. The maximum Gasteiger partial charge on any atom is 0.221 e. The van der Waals surface area contributed by atoms with Gasteiger partial charge in [-0.15, -0.1) is 12.3 Å². The molecule has 1 amide bonds. The number of hydrogen-bond donors (Lipinski definition) is 1. The second kappa shape index (κ2) is 12.0. The number of rotatable bonds is 10.